The van der Waals surface area contributed by atoms with Crippen molar-refractivity contribution in [1.82, 2.24) is 14.9 Å². The molecule has 24 heavy (non-hydrogen) atoms. The number of aromatic nitrogens is 2. The lowest BCUT2D eigenvalue weighted by Gasteiger charge is -2.30. The maximum absolute atomic E-state index is 12.5. The van der Waals surface area contributed by atoms with Crippen LogP contribution in [0, 0.1) is 5.92 Å². The number of nitrogens with zero attached hydrogens (tertiary/aromatic N) is 4. The molecule has 4 rings (SSSR count). The molecule has 0 N–H and O–H groups in total. The molecule has 0 atom stereocenters. The van der Waals surface area contributed by atoms with Gasteiger partial charge >= 0.3 is 0 Å². The van der Waals surface area contributed by atoms with Gasteiger partial charge in [-0.25, -0.2) is 9.97 Å². The van der Waals surface area contributed by atoms with Crippen LogP contribution in [0.4, 0.5) is 11.5 Å². The largest absolute Gasteiger partial charge is 0.337 e. The second-order valence-electron chi connectivity index (χ2n) is 6.76. The van der Waals surface area contributed by atoms with E-state index < -0.39 is 0 Å². The third-order valence-electron chi connectivity index (χ3n) is 5.09. The molecular formula is C19H22N4O. The fourth-order valence-corrected chi connectivity index (χ4v) is 3.52. The summed E-state index contributed by atoms with van der Waals surface area (Å²) in [7, 11) is 0. The Kier molecular flexibility index (Phi) is 3.92. The maximum atomic E-state index is 12.5. The molecule has 0 bridgehead atoms. The first-order valence-electron chi connectivity index (χ1n) is 8.69. The summed E-state index contributed by atoms with van der Waals surface area (Å²) in [6.07, 6.45) is 6.51. The Balaban J connectivity index is 1.50. The average molecular weight is 322 g/mol. The molecule has 0 unspecified atom stereocenters. The highest BCUT2D eigenvalue weighted by molar-refractivity contribution is 5.92. The molecule has 0 aliphatic carbocycles. The summed E-state index contributed by atoms with van der Waals surface area (Å²) in [4.78, 5) is 25.5. The molecule has 5 heteroatoms. The highest BCUT2D eigenvalue weighted by Gasteiger charge is 2.24. The van der Waals surface area contributed by atoms with E-state index in [0.717, 1.165) is 44.7 Å². The second-order valence-corrected chi connectivity index (χ2v) is 6.76. The van der Waals surface area contributed by atoms with Crippen LogP contribution in [0.2, 0.25) is 0 Å². The van der Waals surface area contributed by atoms with E-state index in [2.05, 4.69) is 40.0 Å². The van der Waals surface area contributed by atoms with E-state index in [1.54, 1.807) is 12.4 Å². The Bertz CT molecular complexity index is 735. The molecular weight excluding hydrogens is 300 g/mol. The first-order valence-corrected chi connectivity index (χ1v) is 8.69. The van der Waals surface area contributed by atoms with Crippen molar-refractivity contribution in [2.45, 2.75) is 26.2 Å². The number of likely N-dealkylation sites (tertiary alicyclic amines) is 1. The predicted octanol–water partition coefficient (Wildman–Crippen LogP) is 3.04. The lowest BCUT2D eigenvalue weighted by Crippen LogP contribution is -2.38. The molecule has 1 aromatic carbocycles. The molecule has 3 heterocycles. The third kappa shape index (κ3) is 2.75. The van der Waals surface area contributed by atoms with Crippen LogP contribution >= 0.6 is 0 Å². The van der Waals surface area contributed by atoms with Gasteiger partial charge in [0, 0.05) is 25.3 Å². The monoisotopic (exact) mass is 322 g/mol. The van der Waals surface area contributed by atoms with E-state index >= 15 is 0 Å². The normalized spacial score (nSPS) is 17.9. The Morgan fingerprint density at radius 2 is 1.88 bits per heavy atom. The van der Waals surface area contributed by atoms with Gasteiger partial charge in [-0.3, -0.25) is 4.79 Å². The number of piperidine rings is 1. The molecule has 2 aromatic rings. The topological polar surface area (TPSA) is 49.3 Å². The Labute approximate surface area is 142 Å². The zero-order valence-corrected chi connectivity index (χ0v) is 14.0. The Hall–Kier alpha value is -2.43. The van der Waals surface area contributed by atoms with Gasteiger partial charge < -0.3 is 9.80 Å². The summed E-state index contributed by atoms with van der Waals surface area (Å²) in [5.41, 5.74) is 2.97. The SMILES string of the molecule is CC1CCN(C(=O)c2cnc(N3CCc4ccccc43)cn2)CC1. The lowest BCUT2D eigenvalue weighted by molar-refractivity contribution is 0.0691. The number of hydrogen-bond donors (Lipinski definition) is 0. The number of benzene rings is 1. The van der Waals surface area contributed by atoms with E-state index in [9.17, 15) is 4.79 Å². The summed E-state index contributed by atoms with van der Waals surface area (Å²) in [5.74, 6) is 1.52. The quantitative estimate of drug-likeness (QED) is 0.853. The van der Waals surface area contributed by atoms with Gasteiger partial charge in [0.25, 0.3) is 5.91 Å². The van der Waals surface area contributed by atoms with Crippen molar-refractivity contribution in [3.63, 3.8) is 0 Å². The molecule has 1 fully saturated rings. The van der Waals surface area contributed by atoms with Crippen LogP contribution in [-0.2, 0) is 6.42 Å². The first kappa shape index (κ1) is 15.1. The van der Waals surface area contributed by atoms with Gasteiger partial charge in [-0.2, -0.15) is 0 Å². The lowest BCUT2D eigenvalue weighted by atomic mass is 9.99. The van der Waals surface area contributed by atoms with Crippen LogP contribution in [0.15, 0.2) is 36.7 Å². The highest BCUT2D eigenvalue weighted by Crippen LogP contribution is 2.32. The third-order valence-corrected chi connectivity index (χ3v) is 5.09. The molecule has 2 aliphatic rings. The first-order chi connectivity index (χ1) is 11.7. The van der Waals surface area contributed by atoms with Crippen molar-refractivity contribution >= 4 is 17.4 Å². The number of amides is 1. The van der Waals surface area contributed by atoms with Gasteiger partial charge in [0.15, 0.2) is 5.82 Å². The van der Waals surface area contributed by atoms with E-state index in [0.29, 0.717) is 11.6 Å². The zero-order chi connectivity index (χ0) is 16.5. The van der Waals surface area contributed by atoms with Crippen LogP contribution in [0.3, 0.4) is 0 Å². The molecule has 0 radical (unpaired) electrons. The average Bonchev–Trinajstić information content (AvgIpc) is 3.06. The Morgan fingerprint density at radius 3 is 2.62 bits per heavy atom. The van der Waals surface area contributed by atoms with Crippen molar-refractivity contribution in [2.75, 3.05) is 24.5 Å². The molecule has 5 nitrogen and oxygen atoms in total. The van der Waals surface area contributed by atoms with Crippen LogP contribution in [-0.4, -0.2) is 40.4 Å². The van der Waals surface area contributed by atoms with Crippen molar-refractivity contribution < 1.29 is 4.79 Å². The molecule has 1 aromatic heterocycles. The van der Waals surface area contributed by atoms with Crippen LogP contribution in [0.5, 0.6) is 0 Å². The number of carbonyl (C=O) groups is 1. The molecule has 0 saturated carbocycles. The molecule has 1 amide bonds. The molecule has 124 valence electrons. The van der Waals surface area contributed by atoms with Crippen molar-refractivity contribution in [2.24, 2.45) is 5.92 Å². The molecule has 2 aliphatic heterocycles. The van der Waals surface area contributed by atoms with Crippen LogP contribution < -0.4 is 4.90 Å². The van der Waals surface area contributed by atoms with Gasteiger partial charge in [0.2, 0.25) is 0 Å². The minimum Gasteiger partial charge on any atom is -0.337 e. The highest BCUT2D eigenvalue weighted by atomic mass is 16.2. The van der Waals surface area contributed by atoms with E-state index in [1.807, 2.05) is 11.0 Å². The number of carbonyl (C=O) groups excluding carboxylic acids is 1. The van der Waals surface area contributed by atoms with E-state index in [1.165, 1.54) is 11.3 Å². The summed E-state index contributed by atoms with van der Waals surface area (Å²) in [5, 5.41) is 0. The zero-order valence-electron chi connectivity index (χ0n) is 14.0. The maximum Gasteiger partial charge on any atom is 0.274 e. The minimum atomic E-state index is 0.00257. The predicted molar refractivity (Wildman–Crippen MR) is 93.5 cm³/mol. The number of fused-ring (bicyclic) bond motifs is 1. The van der Waals surface area contributed by atoms with E-state index in [4.69, 9.17) is 0 Å². The summed E-state index contributed by atoms with van der Waals surface area (Å²) >= 11 is 0. The van der Waals surface area contributed by atoms with Gasteiger partial charge in [0.1, 0.15) is 5.69 Å². The number of rotatable bonds is 2. The van der Waals surface area contributed by atoms with Crippen LogP contribution in [0.1, 0.15) is 35.8 Å². The number of anilines is 2. The number of hydrogen-bond acceptors (Lipinski definition) is 4. The van der Waals surface area contributed by atoms with Gasteiger partial charge in [0.05, 0.1) is 12.4 Å². The van der Waals surface area contributed by atoms with Crippen molar-refractivity contribution in [3.05, 3.63) is 47.9 Å². The van der Waals surface area contributed by atoms with Crippen LogP contribution in [0.25, 0.3) is 0 Å². The molecule has 0 spiro atoms. The van der Waals surface area contributed by atoms with Gasteiger partial charge in [-0.1, -0.05) is 25.1 Å². The fourth-order valence-electron chi connectivity index (χ4n) is 3.52. The standard InChI is InChI=1S/C19H22N4O/c1-14-6-9-22(10-7-14)19(24)16-12-21-18(13-20-16)23-11-8-15-4-2-3-5-17(15)23/h2-5,12-14H,6-11H2,1H3. The Morgan fingerprint density at radius 1 is 1.08 bits per heavy atom. The van der Waals surface area contributed by atoms with Crippen molar-refractivity contribution in [3.8, 4) is 0 Å². The summed E-state index contributed by atoms with van der Waals surface area (Å²) < 4.78 is 0. The van der Waals surface area contributed by atoms with Gasteiger partial charge in [-0.05, 0) is 36.8 Å². The number of para-hydroxylation sites is 1. The van der Waals surface area contributed by atoms with Crippen molar-refractivity contribution in [1.29, 1.82) is 0 Å². The summed E-state index contributed by atoms with van der Waals surface area (Å²) in [6.45, 7) is 4.79. The second kappa shape index (κ2) is 6.23. The smallest absolute Gasteiger partial charge is 0.274 e. The van der Waals surface area contributed by atoms with E-state index in [-0.39, 0.29) is 5.91 Å². The fraction of sp³-hybridized carbons (Fsp3) is 0.421. The minimum absolute atomic E-state index is 0.00257. The molecule has 1 saturated heterocycles. The summed E-state index contributed by atoms with van der Waals surface area (Å²) in [6, 6.07) is 8.37. The van der Waals surface area contributed by atoms with Gasteiger partial charge in [-0.15, -0.1) is 0 Å².